The number of halogens is 2. The third-order valence-electron chi connectivity index (χ3n) is 2.67. The van der Waals surface area contributed by atoms with Crippen LogP contribution in [0.1, 0.15) is 10.4 Å². The fourth-order valence-corrected chi connectivity index (χ4v) is 2.74. The molecule has 23 heavy (non-hydrogen) atoms. The van der Waals surface area contributed by atoms with Gasteiger partial charge in [-0.1, -0.05) is 0 Å². The average Bonchev–Trinajstić information content (AvgIpc) is 2.87. The molecule has 0 saturated carbocycles. The van der Waals surface area contributed by atoms with Crippen molar-refractivity contribution >= 4 is 21.7 Å². The summed E-state index contributed by atoms with van der Waals surface area (Å²) < 4.78 is 56.1. The molecule has 0 amide bonds. The molecule has 2 N–H and O–H groups in total. The molecule has 0 spiro atoms. The number of carboxylic acids is 1. The lowest BCUT2D eigenvalue weighted by Crippen LogP contribution is -2.14. The Morgan fingerprint density at radius 1 is 1.43 bits per heavy atom. The minimum absolute atomic E-state index is 0.118. The summed E-state index contributed by atoms with van der Waals surface area (Å²) in [5.41, 5.74) is -0.718. The van der Waals surface area contributed by atoms with Crippen molar-refractivity contribution < 1.29 is 31.8 Å². The molecule has 124 valence electrons. The Labute approximate surface area is 129 Å². The van der Waals surface area contributed by atoms with Crippen LogP contribution in [0.15, 0.2) is 35.5 Å². The van der Waals surface area contributed by atoms with E-state index in [0.29, 0.717) is 0 Å². The van der Waals surface area contributed by atoms with Crippen LogP contribution in [0.4, 0.5) is 14.5 Å². The fraction of sp³-hybridized carbons (Fsp3) is 0.167. The van der Waals surface area contributed by atoms with Gasteiger partial charge in [-0.3, -0.25) is 9.40 Å². The standard InChI is InChI=1S/C12H11F2N3O5S/c1-17-6-8(5-15-17)23(20,21)16-7-2-3-10(22-12(13)14)9(4-7)11(18)19/h2-6,12,16H,1H3,(H,18,19). The highest BCUT2D eigenvalue weighted by Gasteiger charge is 2.20. The van der Waals surface area contributed by atoms with Crippen LogP contribution in [0.2, 0.25) is 0 Å². The molecule has 0 aliphatic heterocycles. The Bertz CT molecular complexity index is 835. The molecule has 1 aromatic carbocycles. The zero-order valence-electron chi connectivity index (χ0n) is 11.6. The number of ether oxygens (including phenoxy) is 1. The Morgan fingerprint density at radius 3 is 2.65 bits per heavy atom. The zero-order valence-corrected chi connectivity index (χ0v) is 12.4. The number of alkyl halides is 2. The van der Waals surface area contributed by atoms with Gasteiger partial charge in [-0.05, 0) is 18.2 Å². The van der Waals surface area contributed by atoms with Crippen LogP contribution in [0, 0.1) is 0 Å². The number of aromatic nitrogens is 2. The van der Waals surface area contributed by atoms with E-state index in [9.17, 15) is 22.0 Å². The number of nitrogens with one attached hydrogen (secondary N) is 1. The second-order valence-electron chi connectivity index (χ2n) is 4.35. The summed E-state index contributed by atoms with van der Waals surface area (Å²) in [7, 11) is -2.46. The van der Waals surface area contributed by atoms with E-state index in [1.54, 1.807) is 0 Å². The summed E-state index contributed by atoms with van der Waals surface area (Å²) >= 11 is 0. The van der Waals surface area contributed by atoms with Gasteiger partial charge >= 0.3 is 12.6 Å². The smallest absolute Gasteiger partial charge is 0.387 e. The van der Waals surface area contributed by atoms with Crippen molar-refractivity contribution in [1.82, 2.24) is 9.78 Å². The van der Waals surface area contributed by atoms with Crippen LogP contribution >= 0.6 is 0 Å². The van der Waals surface area contributed by atoms with Crippen LogP contribution < -0.4 is 9.46 Å². The summed E-state index contributed by atoms with van der Waals surface area (Å²) in [4.78, 5) is 10.9. The quantitative estimate of drug-likeness (QED) is 0.820. The molecule has 0 aliphatic carbocycles. The number of sulfonamides is 1. The number of rotatable bonds is 6. The van der Waals surface area contributed by atoms with Gasteiger partial charge in [-0.15, -0.1) is 0 Å². The number of benzene rings is 1. The van der Waals surface area contributed by atoms with Crippen LogP contribution in [0.5, 0.6) is 5.75 Å². The Kier molecular flexibility index (Phi) is 4.50. The van der Waals surface area contributed by atoms with Gasteiger partial charge in [0, 0.05) is 18.9 Å². The van der Waals surface area contributed by atoms with E-state index < -0.39 is 33.9 Å². The highest BCUT2D eigenvalue weighted by atomic mass is 32.2. The van der Waals surface area contributed by atoms with Crippen LogP contribution in [-0.4, -0.2) is 35.9 Å². The van der Waals surface area contributed by atoms with Crippen molar-refractivity contribution in [2.45, 2.75) is 11.5 Å². The average molecular weight is 347 g/mol. The number of carboxylic acid groups (broad SMARTS) is 1. The van der Waals surface area contributed by atoms with Gasteiger partial charge in [0.25, 0.3) is 10.0 Å². The van der Waals surface area contributed by atoms with E-state index in [-0.39, 0.29) is 10.6 Å². The molecule has 0 atom stereocenters. The van der Waals surface area contributed by atoms with Crippen LogP contribution in [0.3, 0.4) is 0 Å². The maximum Gasteiger partial charge on any atom is 0.387 e. The van der Waals surface area contributed by atoms with Crippen molar-refractivity contribution in [3.8, 4) is 5.75 Å². The number of anilines is 1. The van der Waals surface area contributed by atoms with Crippen LogP contribution in [0.25, 0.3) is 0 Å². The molecular formula is C12H11F2N3O5S. The summed E-state index contributed by atoms with van der Waals surface area (Å²) in [5, 5.41) is 12.7. The van der Waals surface area contributed by atoms with Gasteiger partial charge in [0.15, 0.2) is 0 Å². The first-order chi connectivity index (χ1) is 10.7. The molecule has 1 aromatic heterocycles. The number of aromatic carboxylic acids is 1. The number of aryl methyl sites for hydroxylation is 1. The van der Waals surface area contributed by atoms with Crippen molar-refractivity contribution in [1.29, 1.82) is 0 Å². The first-order valence-corrected chi connectivity index (χ1v) is 7.51. The molecule has 0 saturated heterocycles. The minimum atomic E-state index is -3.99. The number of nitrogens with zero attached hydrogens (tertiary/aromatic N) is 2. The second kappa shape index (κ2) is 6.20. The topological polar surface area (TPSA) is 111 Å². The molecule has 0 unspecified atom stereocenters. The Balaban J connectivity index is 2.34. The largest absolute Gasteiger partial charge is 0.478 e. The van der Waals surface area contributed by atoms with Crippen molar-refractivity contribution in [2.24, 2.45) is 7.05 Å². The summed E-state index contributed by atoms with van der Waals surface area (Å²) in [6.07, 6.45) is 2.35. The van der Waals surface area contributed by atoms with E-state index >= 15 is 0 Å². The fourth-order valence-electron chi connectivity index (χ4n) is 1.71. The van der Waals surface area contributed by atoms with Crippen molar-refractivity contribution in [2.75, 3.05) is 4.72 Å². The predicted octanol–water partition coefficient (Wildman–Crippen LogP) is 1.52. The molecule has 0 radical (unpaired) electrons. The number of carbonyl (C=O) groups is 1. The molecule has 11 heteroatoms. The number of hydrogen-bond donors (Lipinski definition) is 2. The van der Waals surface area contributed by atoms with Gasteiger partial charge in [-0.2, -0.15) is 13.9 Å². The van der Waals surface area contributed by atoms with Gasteiger partial charge in [0.2, 0.25) is 0 Å². The highest BCUT2D eigenvalue weighted by Crippen LogP contribution is 2.26. The monoisotopic (exact) mass is 347 g/mol. The lowest BCUT2D eigenvalue weighted by molar-refractivity contribution is -0.0503. The predicted molar refractivity (Wildman–Crippen MR) is 74.0 cm³/mol. The number of hydrogen-bond acceptors (Lipinski definition) is 5. The molecule has 2 rings (SSSR count). The minimum Gasteiger partial charge on any atom is -0.478 e. The van der Waals surface area contributed by atoms with Crippen LogP contribution in [-0.2, 0) is 17.1 Å². The van der Waals surface area contributed by atoms with Gasteiger partial charge in [-0.25, -0.2) is 13.2 Å². The third kappa shape index (κ3) is 3.94. The zero-order chi connectivity index (χ0) is 17.2. The van der Waals surface area contributed by atoms with E-state index in [4.69, 9.17) is 5.11 Å². The highest BCUT2D eigenvalue weighted by molar-refractivity contribution is 7.92. The SMILES string of the molecule is Cn1cc(S(=O)(=O)Nc2ccc(OC(F)F)c(C(=O)O)c2)cn1. The molecular weight excluding hydrogens is 336 g/mol. The normalized spacial score (nSPS) is 11.5. The van der Waals surface area contributed by atoms with E-state index in [2.05, 4.69) is 14.6 Å². The first kappa shape index (κ1) is 16.7. The Morgan fingerprint density at radius 2 is 2.13 bits per heavy atom. The second-order valence-corrected chi connectivity index (χ2v) is 6.03. The van der Waals surface area contributed by atoms with E-state index in [1.165, 1.54) is 17.9 Å². The molecule has 1 heterocycles. The van der Waals surface area contributed by atoms with Crippen molar-refractivity contribution in [3.63, 3.8) is 0 Å². The maximum atomic E-state index is 12.2. The molecule has 2 aromatic rings. The van der Waals surface area contributed by atoms with Gasteiger partial charge < -0.3 is 9.84 Å². The lowest BCUT2D eigenvalue weighted by atomic mass is 10.2. The maximum absolute atomic E-state index is 12.2. The summed E-state index contributed by atoms with van der Waals surface area (Å²) in [6.45, 7) is -3.20. The molecule has 0 aliphatic rings. The molecule has 0 fully saturated rings. The lowest BCUT2D eigenvalue weighted by Gasteiger charge is -2.11. The summed E-state index contributed by atoms with van der Waals surface area (Å²) in [5.74, 6) is -2.11. The van der Waals surface area contributed by atoms with E-state index in [1.807, 2.05) is 0 Å². The molecule has 8 nitrogen and oxygen atoms in total. The summed E-state index contributed by atoms with van der Waals surface area (Å²) in [6, 6.07) is 2.93. The molecule has 0 bridgehead atoms. The van der Waals surface area contributed by atoms with E-state index in [0.717, 1.165) is 24.4 Å². The van der Waals surface area contributed by atoms with Gasteiger partial charge in [0.05, 0.1) is 6.20 Å². The third-order valence-corrected chi connectivity index (χ3v) is 4.01. The Hall–Kier alpha value is -2.69. The first-order valence-electron chi connectivity index (χ1n) is 6.02. The van der Waals surface area contributed by atoms with Crippen molar-refractivity contribution in [3.05, 3.63) is 36.2 Å². The van der Waals surface area contributed by atoms with Gasteiger partial charge in [0.1, 0.15) is 16.2 Å².